The minimum atomic E-state index is -0.424. The molecule has 0 saturated heterocycles. The van der Waals surface area contributed by atoms with Crippen LogP contribution in [0, 0.1) is 0 Å². The number of hydrogen-bond acceptors (Lipinski definition) is 3. The van der Waals surface area contributed by atoms with Crippen molar-refractivity contribution in [1.82, 2.24) is 0 Å². The van der Waals surface area contributed by atoms with Crippen LogP contribution in [0.2, 0.25) is 5.02 Å². The SMILES string of the molecule is C=CCOc1cc(OC(C)=O)c(Cl)c2ccccc12. The zero-order chi connectivity index (χ0) is 13.8. The van der Waals surface area contributed by atoms with Crippen molar-refractivity contribution in [2.75, 3.05) is 6.61 Å². The Morgan fingerprint density at radius 3 is 2.63 bits per heavy atom. The fourth-order valence-corrected chi connectivity index (χ4v) is 2.04. The van der Waals surface area contributed by atoms with Crippen molar-refractivity contribution in [3.05, 3.63) is 48.0 Å². The van der Waals surface area contributed by atoms with Gasteiger partial charge in [-0.1, -0.05) is 48.5 Å². The molecule has 0 aromatic heterocycles. The molecule has 4 heteroatoms. The van der Waals surface area contributed by atoms with E-state index in [1.165, 1.54) is 6.92 Å². The van der Waals surface area contributed by atoms with Gasteiger partial charge in [-0.2, -0.15) is 0 Å². The molecule has 2 aromatic carbocycles. The van der Waals surface area contributed by atoms with Gasteiger partial charge in [0.25, 0.3) is 0 Å². The standard InChI is InChI=1S/C15H13ClO3/c1-3-8-18-13-9-14(19-10(2)17)15(16)12-7-5-4-6-11(12)13/h3-7,9H,1,8H2,2H3. The van der Waals surface area contributed by atoms with Gasteiger partial charge in [0.1, 0.15) is 12.4 Å². The van der Waals surface area contributed by atoms with Crippen LogP contribution in [0.25, 0.3) is 10.8 Å². The summed E-state index contributed by atoms with van der Waals surface area (Å²) >= 11 is 6.24. The summed E-state index contributed by atoms with van der Waals surface area (Å²) < 4.78 is 10.7. The molecule has 0 radical (unpaired) electrons. The molecular formula is C15H13ClO3. The number of ether oxygens (including phenoxy) is 2. The average Bonchev–Trinajstić information content (AvgIpc) is 2.40. The van der Waals surface area contributed by atoms with Gasteiger partial charge >= 0.3 is 5.97 Å². The summed E-state index contributed by atoms with van der Waals surface area (Å²) in [5.74, 6) is 0.481. The molecule has 0 fully saturated rings. The fraction of sp³-hybridized carbons (Fsp3) is 0.133. The van der Waals surface area contributed by atoms with Crippen molar-refractivity contribution in [2.24, 2.45) is 0 Å². The summed E-state index contributed by atoms with van der Waals surface area (Å²) in [6.07, 6.45) is 1.65. The van der Waals surface area contributed by atoms with E-state index in [1.54, 1.807) is 12.1 Å². The quantitative estimate of drug-likeness (QED) is 0.481. The van der Waals surface area contributed by atoms with E-state index < -0.39 is 5.97 Å². The van der Waals surface area contributed by atoms with Gasteiger partial charge in [-0.25, -0.2) is 0 Å². The molecule has 0 atom stereocenters. The van der Waals surface area contributed by atoms with E-state index in [0.29, 0.717) is 23.1 Å². The highest BCUT2D eigenvalue weighted by Gasteiger charge is 2.13. The van der Waals surface area contributed by atoms with Gasteiger partial charge < -0.3 is 9.47 Å². The predicted octanol–water partition coefficient (Wildman–Crippen LogP) is 3.98. The number of benzene rings is 2. The molecule has 0 N–H and O–H groups in total. The van der Waals surface area contributed by atoms with Gasteiger partial charge in [-0.3, -0.25) is 4.79 Å². The number of carbonyl (C=O) groups excluding carboxylic acids is 1. The topological polar surface area (TPSA) is 35.5 Å². The van der Waals surface area contributed by atoms with Crippen molar-refractivity contribution in [3.8, 4) is 11.5 Å². The molecule has 0 spiro atoms. The van der Waals surface area contributed by atoms with Gasteiger partial charge in [-0.05, 0) is 0 Å². The summed E-state index contributed by atoms with van der Waals surface area (Å²) in [4.78, 5) is 11.1. The lowest BCUT2D eigenvalue weighted by Crippen LogP contribution is -2.03. The Labute approximate surface area is 116 Å². The Balaban J connectivity index is 2.60. The van der Waals surface area contributed by atoms with Crippen LogP contribution in [0.3, 0.4) is 0 Å². The van der Waals surface area contributed by atoms with Gasteiger partial charge in [0.2, 0.25) is 0 Å². The van der Waals surface area contributed by atoms with Gasteiger partial charge in [-0.15, -0.1) is 0 Å². The maximum Gasteiger partial charge on any atom is 0.308 e. The van der Waals surface area contributed by atoms with E-state index in [-0.39, 0.29) is 0 Å². The molecule has 0 unspecified atom stereocenters. The Bertz CT molecular complexity index is 635. The molecule has 0 bridgehead atoms. The summed E-state index contributed by atoms with van der Waals surface area (Å²) in [5, 5.41) is 2.05. The van der Waals surface area contributed by atoms with Crippen LogP contribution >= 0.6 is 11.6 Å². The molecule has 0 aliphatic rings. The highest BCUT2D eigenvalue weighted by atomic mass is 35.5. The summed E-state index contributed by atoms with van der Waals surface area (Å²) in [7, 11) is 0. The van der Waals surface area contributed by atoms with E-state index in [9.17, 15) is 4.79 Å². The first-order valence-corrected chi connectivity index (χ1v) is 6.14. The second-order valence-corrected chi connectivity index (χ2v) is 4.30. The van der Waals surface area contributed by atoms with Crippen molar-refractivity contribution in [2.45, 2.75) is 6.92 Å². The smallest absolute Gasteiger partial charge is 0.308 e. The summed E-state index contributed by atoms with van der Waals surface area (Å²) in [6.45, 7) is 5.30. The molecule has 0 aliphatic heterocycles. The predicted molar refractivity (Wildman–Crippen MR) is 76.0 cm³/mol. The number of carbonyl (C=O) groups is 1. The Morgan fingerprint density at radius 1 is 1.32 bits per heavy atom. The summed E-state index contributed by atoms with van der Waals surface area (Å²) in [5.41, 5.74) is 0. The number of rotatable bonds is 4. The van der Waals surface area contributed by atoms with Crippen molar-refractivity contribution >= 4 is 28.3 Å². The van der Waals surface area contributed by atoms with E-state index in [2.05, 4.69) is 6.58 Å². The third kappa shape index (κ3) is 2.88. The van der Waals surface area contributed by atoms with Crippen molar-refractivity contribution in [1.29, 1.82) is 0 Å². The number of hydrogen-bond donors (Lipinski definition) is 0. The van der Waals surface area contributed by atoms with E-state index in [1.807, 2.05) is 24.3 Å². The first-order chi connectivity index (χ1) is 9.13. The minimum absolute atomic E-state index is 0.298. The maximum atomic E-state index is 11.1. The average molecular weight is 277 g/mol. The molecule has 0 heterocycles. The molecular weight excluding hydrogens is 264 g/mol. The third-order valence-electron chi connectivity index (χ3n) is 2.52. The summed E-state index contributed by atoms with van der Waals surface area (Å²) in [6, 6.07) is 9.13. The molecule has 19 heavy (non-hydrogen) atoms. The Kier molecular flexibility index (Phi) is 4.07. The lowest BCUT2D eigenvalue weighted by atomic mass is 10.1. The number of fused-ring (bicyclic) bond motifs is 1. The van der Waals surface area contributed by atoms with Crippen LogP contribution in [0.1, 0.15) is 6.92 Å². The normalized spacial score (nSPS) is 10.2. The lowest BCUT2D eigenvalue weighted by molar-refractivity contribution is -0.131. The van der Waals surface area contributed by atoms with Crippen molar-refractivity contribution in [3.63, 3.8) is 0 Å². The molecule has 0 amide bonds. The molecule has 98 valence electrons. The molecule has 3 nitrogen and oxygen atoms in total. The molecule has 0 saturated carbocycles. The van der Waals surface area contributed by atoms with Crippen LogP contribution in [-0.4, -0.2) is 12.6 Å². The fourth-order valence-electron chi connectivity index (χ4n) is 1.78. The van der Waals surface area contributed by atoms with Crippen LogP contribution in [0.5, 0.6) is 11.5 Å². The Hall–Kier alpha value is -2.00. The minimum Gasteiger partial charge on any atom is -0.489 e. The zero-order valence-electron chi connectivity index (χ0n) is 10.5. The van der Waals surface area contributed by atoms with Crippen LogP contribution in [-0.2, 0) is 4.79 Å². The van der Waals surface area contributed by atoms with Crippen LogP contribution in [0.15, 0.2) is 43.0 Å². The van der Waals surface area contributed by atoms with Crippen LogP contribution < -0.4 is 9.47 Å². The first-order valence-electron chi connectivity index (χ1n) is 5.77. The largest absolute Gasteiger partial charge is 0.489 e. The van der Waals surface area contributed by atoms with Gasteiger partial charge in [0.05, 0.1) is 5.02 Å². The highest BCUT2D eigenvalue weighted by Crippen LogP contribution is 2.39. The molecule has 2 rings (SSSR count). The van der Waals surface area contributed by atoms with E-state index in [4.69, 9.17) is 21.1 Å². The Morgan fingerprint density at radius 2 is 2.00 bits per heavy atom. The van der Waals surface area contributed by atoms with Crippen LogP contribution in [0.4, 0.5) is 0 Å². The van der Waals surface area contributed by atoms with Crippen molar-refractivity contribution < 1.29 is 14.3 Å². The second kappa shape index (κ2) is 5.76. The number of halogens is 1. The van der Waals surface area contributed by atoms with E-state index >= 15 is 0 Å². The van der Waals surface area contributed by atoms with E-state index in [0.717, 1.165) is 10.8 Å². The second-order valence-electron chi connectivity index (χ2n) is 3.93. The first kappa shape index (κ1) is 13.4. The lowest BCUT2D eigenvalue weighted by Gasteiger charge is -2.12. The van der Waals surface area contributed by atoms with Gasteiger partial charge in [0, 0.05) is 23.8 Å². The number of esters is 1. The zero-order valence-corrected chi connectivity index (χ0v) is 11.2. The monoisotopic (exact) mass is 276 g/mol. The van der Waals surface area contributed by atoms with Gasteiger partial charge in [0.15, 0.2) is 5.75 Å². The highest BCUT2D eigenvalue weighted by molar-refractivity contribution is 6.37. The molecule has 0 aliphatic carbocycles. The molecule has 2 aromatic rings. The maximum absolute atomic E-state index is 11.1. The third-order valence-corrected chi connectivity index (χ3v) is 2.91.